The number of rotatable bonds is 6. The average molecular weight is 418 g/mol. The predicted octanol–water partition coefficient (Wildman–Crippen LogP) is 2.09. The summed E-state index contributed by atoms with van der Waals surface area (Å²) in [7, 11) is 1.36. The molecular weight excluding hydrogens is 402 g/mol. The maximum atomic E-state index is 12.6. The van der Waals surface area contributed by atoms with Crippen LogP contribution in [0.3, 0.4) is 0 Å². The zero-order valence-corrected chi connectivity index (χ0v) is 16.1. The van der Waals surface area contributed by atoms with Gasteiger partial charge >= 0.3 is 11.7 Å². The van der Waals surface area contributed by atoms with Crippen LogP contribution in [0.5, 0.6) is 11.5 Å². The van der Waals surface area contributed by atoms with Crippen LogP contribution in [-0.4, -0.2) is 40.2 Å². The van der Waals surface area contributed by atoms with Gasteiger partial charge in [0.25, 0.3) is 5.56 Å². The first-order valence-electron chi connectivity index (χ1n) is 8.37. The fourth-order valence-corrected chi connectivity index (χ4v) is 2.78. The summed E-state index contributed by atoms with van der Waals surface area (Å²) in [6, 6.07) is 9.40. The lowest BCUT2D eigenvalue weighted by atomic mass is 10.2. The molecule has 0 fully saturated rings. The summed E-state index contributed by atoms with van der Waals surface area (Å²) in [5.74, 6) is -0.959. The van der Waals surface area contributed by atoms with Crippen molar-refractivity contribution in [1.82, 2.24) is 9.66 Å². The van der Waals surface area contributed by atoms with Crippen LogP contribution in [0.2, 0.25) is 5.02 Å². The Balaban J connectivity index is 2.13. The molecule has 0 spiro atoms. The number of halogens is 1. The molecule has 29 heavy (non-hydrogen) atoms. The molecule has 2 aromatic carbocycles. The lowest BCUT2D eigenvalue weighted by Crippen LogP contribution is -2.32. The van der Waals surface area contributed by atoms with Crippen molar-refractivity contribution in [3.8, 4) is 11.5 Å². The van der Waals surface area contributed by atoms with E-state index in [9.17, 15) is 14.4 Å². The van der Waals surface area contributed by atoms with Gasteiger partial charge in [-0.05, 0) is 25.1 Å². The molecule has 9 nitrogen and oxygen atoms in total. The fourth-order valence-electron chi connectivity index (χ4n) is 2.57. The molecule has 0 radical (unpaired) electrons. The molecule has 0 unspecified atom stereocenters. The summed E-state index contributed by atoms with van der Waals surface area (Å²) < 4.78 is 11.3. The molecule has 0 saturated carbocycles. The summed E-state index contributed by atoms with van der Waals surface area (Å²) in [5.41, 5.74) is -0.740. The second-order valence-electron chi connectivity index (χ2n) is 5.96. The highest BCUT2D eigenvalue weighted by atomic mass is 35.5. The molecule has 1 heterocycles. The zero-order chi connectivity index (χ0) is 21.1. The van der Waals surface area contributed by atoms with Crippen molar-refractivity contribution >= 4 is 34.7 Å². The van der Waals surface area contributed by atoms with E-state index < -0.39 is 23.3 Å². The van der Waals surface area contributed by atoms with E-state index in [0.29, 0.717) is 10.2 Å². The fraction of sp³-hybridized carbons (Fsp3) is 0.158. The number of benzene rings is 2. The third-order valence-electron chi connectivity index (χ3n) is 4.01. The van der Waals surface area contributed by atoms with Crippen LogP contribution in [0, 0.1) is 0 Å². The second-order valence-corrected chi connectivity index (χ2v) is 6.40. The summed E-state index contributed by atoms with van der Waals surface area (Å²) in [5, 5.41) is 13.6. The number of ether oxygens (including phenoxy) is 2. The molecule has 2 N–H and O–H groups in total. The number of aromatic amines is 1. The van der Waals surface area contributed by atoms with Crippen LogP contribution < -0.4 is 20.7 Å². The topological polar surface area (TPSA) is 123 Å². The van der Waals surface area contributed by atoms with Gasteiger partial charge in [0.1, 0.15) is 0 Å². The monoisotopic (exact) mass is 417 g/mol. The minimum Gasteiger partial charge on any atom is -0.493 e. The Morgan fingerprint density at radius 3 is 2.72 bits per heavy atom. The van der Waals surface area contributed by atoms with Crippen LogP contribution in [0.15, 0.2) is 51.1 Å². The van der Waals surface area contributed by atoms with Gasteiger partial charge in [-0.15, -0.1) is 4.68 Å². The first kappa shape index (κ1) is 20.2. The largest absolute Gasteiger partial charge is 0.493 e. The van der Waals surface area contributed by atoms with Gasteiger partial charge in [0, 0.05) is 16.7 Å². The molecule has 150 valence electrons. The summed E-state index contributed by atoms with van der Waals surface area (Å²) >= 11 is 6.07. The molecule has 0 bridgehead atoms. The Kier molecular flexibility index (Phi) is 5.69. The molecule has 0 aliphatic heterocycles. The van der Waals surface area contributed by atoms with Gasteiger partial charge in [0.2, 0.25) is 0 Å². The quantitative estimate of drug-likeness (QED) is 0.592. The Morgan fingerprint density at radius 2 is 2.03 bits per heavy atom. The van der Waals surface area contributed by atoms with E-state index in [1.807, 2.05) is 0 Å². The molecule has 3 aromatic rings. The highest BCUT2D eigenvalue weighted by Gasteiger charge is 2.19. The third kappa shape index (κ3) is 4.14. The van der Waals surface area contributed by atoms with E-state index in [2.05, 4.69) is 10.1 Å². The van der Waals surface area contributed by atoms with Crippen molar-refractivity contribution < 1.29 is 19.4 Å². The van der Waals surface area contributed by atoms with Crippen LogP contribution in [-0.2, 0) is 4.79 Å². The van der Waals surface area contributed by atoms with Gasteiger partial charge < -0.3 is 19.6 Å². The lowest BCUT2D eigenvalue weighted by molar-refractivity contribution is -0.144. The van der Waals surface area contributed by atoms with E-state index in [1.165, 1.54) is 32.4 Å². The first-order chi connectivity index (χ1) is 13.8. The van der Waals surface area contributed by atoms with Gasteiger partial charge in [0.05, 0.1) is 24.2 Å². The molecule has 1 aromatic heterocycles. The van der Waals surface area contributed by atoms with Gasteiger partial charge in [-0.1, -0.05) is 23.7 Å². The minimum absolute atomic E-state index is 0.0563. The van der Waals surface area contributed by atoms with E-state index in [-0.39, 0.29) is 27.5 Å². The Hall–Kier alpha value is -3.59. The van der Waals surface area contributed by atoms with Crippen LogP contribution >= 0.6 is 11.6 Å². The zero-order valence-electron chi connectivity index (χ0n) is 15.4. The number of carboxylic acid groups (broad SMARTS) is 1. The smallest absolute Gasteiger partial charge is 0.349 e. The van der Waals surface area contributed by atoms with E-state index in [0.717, 1.165) is 0 Å². The molecule has 10 heteroatoms. The maximum Gasteiger partial charge on any atom is 0.349 e. The lowest BCUT2D eigenvalue weighted by Gasteiger charge is -2.16. The number of hydrogen-bond acceptors (Lipinski definition) is 6. The van der Waals surface area contributed by atoms with Crippen molar-refractivity contribution in [2.75, 3.05) is 7.11 Å². The number of hydrogen-bond donors (Lipinski definition) is 2. The first-order valence-corrected chi connectivity index (χ1v) is 8.75. The molecule has 3 rings (SSSR count). The summed E-state index contributed by atoms with van der Waals surface area (Å²) in [6.45, 7) is 1.34. The SMILES string of the molecule is COc1cc(Cl)cc(C=Nn2c(=O)[nH]c3ccccc3c2=O)c1O[C@@H](C)C(=O)O. The standard InChI is InChI=1S/C19H16ClN3O6/c1-10(18(25)26)29-16-11(7-12(20)8-15(16)28-2)9-21-23-17(24)13-5-3-4-6-14(13)22-19(23)27/h3-10H,1-2H3,(H,22,27)(H,25,26)/t10-/m0/s1. The van der Waals surface area contributed by atoms with Crippen molar-refractivity contribution in [1.29, 1.82) is 0 Å². The summed E-state index contributed by atoms with van der Waals surface area (Å²) in [6.07, 6.45) is -0.0204. The average Bonchev–Trinajstić information content (AvgIpc) is 2.69. The summed E-state index contributed by atoms with van der Waals surface area (Å²) in [4.78, 5) is 38.6. The van der Waals surface area contributed by atoms with Crippen molar-refractivity contribution in [2.24, 2.45) is 5.10 Å². The number of nitrogens with one attached hydrogen (secondary N) is 1. The molecular formula is C19H16ClN3O6. The van der Waals surface area contributed by atoms with Crippen molar-refractivity contribution in [2.45, 2.75) is 13.0 Å². The molecule has 1 atom stereocenters. The van der Waals surface area contributed by atoms with E-state index in [1.54, 1.807) is 24.3 Å². The molecule has 0 aliphatic rings. The molecule has 0 aliphatic carbocycles. The number of methoxy groups -OCH3 is 1. The Labute approximate surface area is 168 Å². The van der Waals surface area contributed by atoms with E-state index in [4.69, 9.17) is 26.2 Å². The van der Waals surface area contributed by atoms with E-state index >= 15 is 0 Å². The Morgan fingerprint density at radius 1 is 1.31 bits per heavy atom. The molecule has 0 saturated heterocycles. The van der Waals surface area contributed by atoms with Crippen LogP contribution in [0.25, 0.3) is 10.9 Å². The van der Waals surface area contributed by atoms with Crippen LogP contribution in [0.4, 0.5) is 0 Å². The normalized spacial score (nSPS) is 12.2. The number of carbonyl (C=O) groups is 1. The van der Waals surface area contributed by atoms with Crippen molar-refractivity contribution in [3.05, 3.63) is 67.8 Å². The number of nitrogens with zero attached hydrogens (tertiary/aromatic N) is 2. The van der Waals surface area contributed by atoms with Gasteiger partial charge in [-0.3, -0.25) is 4.79 Å². The highest BCUT2D eigenvalue weighted by Crippen LogP contribution is 2.34. The second kappa shape index (κ2) is 8.19. The van der Waals surface area contributed by atoms with Gasteiger partial charge in [0.15, 0.2) is 17.6 Å². The number of fused-ring (bicyclic) bond motifs is 1. The number of aromatic nitrogens is 2. The van der Waals surface area contributed by atoms with Gasteiger partial charge in [-0.25, -0.2) is 9.59 Å². The Bertz CT molecular complexity index is 1230. The highest BCUT2D eigenvalue weighted by molar-refractivity contribution is 6.31. The van der Waals surface area contributed by atoms with Gasteiger partial charge in [-0.2, -0.15) is 5.10 Å². The number of carboxylic acids is 1. The number of H-pyrrole nitrogens is 1. The number of aliphatic carboxylic acids is 1. The third-order valence-corrected chi connectivity index (χ3v) is 4.22. The maximum absolute atomic E-state index is 12.6. The van der Waals surface area contributed by atoms with Crippen LogP contribution in [0.1, 0.15) is 12.5 Å². The molecule has 0 amide bonds. The minimum atomic E-state index is -1.19. The number of para-hydroxylation sites is 1. The predicted molar refractivity (Wildman–Crippen MR) is 108 cm³/mol. The van der Waals surface area contributed by atoms with Crippen molar-refractivity contribution in [3.63, 3.8) is 0 Å².